The van der Waals surface area contributed by atoms with Crippen LogP contribution < -0.4 is 0 Å². The highest BCUT2D eigenvalue weighted by molar-refractivity contribution is 6.07. The summed E-state index contributed by atoms with van der Waals surface area (Å²) in [5, 5.41) is 0. The Morgan fingerprint density at radius 1 is 0.641 bits per heavy atom. The van der Waals surface area contributed by atoms with Crippen LogP contribution in [0.1, 0.15) is 16.2 Å². The Balaban J connectivity index is 1.41. The number of hydrogen-bond acceptors (Lipinski definition) is 2. The average molecular weight is 501 g/mol. The van der Waals surface area contributed by atoms with Gasteiger partial charge in [0.05, 0.1) is 17.0 Å². The minimum absolute atomic E-state index is 0.0409. The van der Waals surface area contributed by atoms with E-state index in [1.807, 2.05) is 53.1 Å². The second-order valence-electron chi connectivity index (χ2n) is 10.3. The molecule has 0 saturated carbocycles. The number of imidazole rings is 1. The molecular weight excluding hydrogens is 476 g/mol. The molecule has 0 radical (unpaired) electrons. The first kappa shape index (κ1) is 22.0. The van der Waals surface area contributed by atoms with E-state index in [0.29, 0.717) is 0 Å². The van der Waals surface area contributed by atoms with Crippen molar-refractivity contribution in [1.29, 1.82) is 0 Å². The minimum Gasteiger partial charge on any atom is -0.273 e. The SMILES string of the molecule is O=C1C2C=CC=C3C(c4ccccc4)=CC=C(c4nc5c(-c6ccccc6)cc(-c6ccccc6)cc5n41)C32. The largest absolute Gasteiger partial charge is 0.273 e. The van der Waals surface area contributed by atoms with Gasteiger partial charge in [0.15, 0.2) is 0 Å². The molecular formula is C36H24N2O. The molecule has 0 N–H and O–H groups in total. The van der Waals surface area contributed by atoms with Crippen molar-refractivity contribution in [2.45, 2.75) is 0 Å². The van der Waals surface area contributed by atoms with Gasteiger partial charge < -0.3 is 0 Å². The maximum Gasteiger partial charge on any atom is 0.240 e. The minimum atomic E-state index is -0.269. The van der Waals surface area contributed by atoms with Crippen molar-refractivity contribution in [3.05, 3.63) is 150 Å². The zero-order chi connectivity index (χ0) is 25.9. The molecule has 3 nitrogen and oxygen atoms in total. The predicted octanol–water partition coefficient (Wildman–Crippen LogP) is 8.23. The Kier molecular flexibility index (Phi) is 4.80. The van der Waals surface area contributed by atoms with Crippen molar-refractivity contribution >= 4 is 28.1 Å². The Morgan fingerprint density at radius 2 is 1.31 bits per heavy atom. The van der Waals surface area contributed by atoms with Gasteiger partial charge in [-0.25, -0.2) is 4.98 Å². The number of rotatable bonds is 3. The Hall–Kier alpha value is -5.02. The van der Waals surface area contributed by atoms with Crippen LogP contribution in [0, 0.1) is 11.8 Å². The second-order valence-corrected chi connectivity index (χ2v) is 10.3. The lowest BCUT2D eigenvalue weighted by molar-refractivity contribution is 0.0839. The molecule has 4 aromatic carbocycles. The van der Waals surface area contributed by atoms with Crippen LogP contribution in [0.5, 0.6) is 0 Å². The summed E-state index contributed by atoms with van der Waals surface area (Å²) in [4.78, 5) is 19.5. The van der Waals surface area contributed by atoms with Gasteiger partial charge in [-0.3, -0.25) is 9.36 Å². The molecule has 0 saturated heterocycles. The van der Waals surface area contributed by atoms with Gasteiger partial charge >= 0.3 is 0 Å². The first-order valence-electron chi connectivity index (χ1n) is 13.4. The summed E-state index contributed by atoms with van der Waals surface area (Å²) in [6, 6.07) is 35.5. The zero-order valence-electron chi connectivity index (χ0n) is 21.2. The van der Waals surface area contributed by atoms with Gasteiger partial charge in [-0.05, 0) is 45.5 Å². The number of nitrogens with zero attached hydrogens (tertiary/aromatic N) is 2. The fourth-order valence-electron chi connectivity index (χ4n) is 6.38. The molecule has 3 aliphatic rings. The van der Waals surface area contributed by atoms with E-state index >= 15 is 0 Å². The van der Waals surface area contributed by atoms with Gasteiger partial charge in [-0.1, -0.05) is 121 Å². The van der Waals surface area contributed by atoms with Crippen LogP contribution >= 0.6 is 0 Å². The normalized spacial score (nSPS) is 19.2. The van der Waals surface area contributed by atoms with E-state index in [9.17, 15) is 4.79 Å². The highest BCUT2D eigenvalue weighted by Crippen LogP contribution is 2.50. The van der Waals surface area contributed by atoms with Crippen molar-refractivity contribution in [3.63, 3.8) is 0 Å². The van der Waals surface area contributed by atoms with Crippen molar-refractivity contribution < 1.29 is 4.79 Å². The van der Waals surface area contributed by atoms with Crippen molar-refractivity contribution in [2.24, 2.45) is 11.8 Å². The van der Waals surface area contributed by atoms with Crippen molar-refractivity contribution in [1.82, 2.24) is 9.55 Å². The van der Waals surface area contributed by atoms with Gasteiger partial charge in [0, 0.05) is 17.1 Å². The monoisotopic (exact) mass is 500 g/mol. The summed E-state index contributed by atoms with van der Waals surface area (Å²) >= 11 is 0. The van der Waals surface area contributed by atoms with E-state index in [2.05, 4.69) is 85.0 Å². The number of fused-ring (bicyclic) bond motifs is 4. The highest BCUT2D eigenvalue weighted by Gasteiger charge is 2.44. The molecule has 2 heterocycles. The molecule has 3 heteroatoms. The molecule has 39 heavy (non-hydrogen) atoms. The lowest BCUT2D eigenvalue weighted by atomic mass is 9.69. The van der Waals surface area contributed by atoms with E-state index in [1.165, 1.54) is 16.7 Å². The van der Waals surface area contributed by atoms with Gasteiger partial charge in [0.2, 0.25) is 5.91 Å². The molecule has 184 valence electrons. The number of carbonyl (C=O) groups is 1. The van der Waals surface area contributed by atoms with Gasteiger partial charge in [0.1, 0.15) is 5.82 Å². The predicted molar refractivity (Wildman–Crippen MR) is 158 cm³/mol. The summed E-state index contributed by atoms with van der Waals surface area (Å²) in [6.07, 6.45) is 10.6. The van der Waals surface area contributed by atoms with Crippen molar-refractivity contribution in [3.8, 4) is 22.3 Å². The Labute approximate surface area is 226 Å². The Morgan fingerprint density at radius 3 is 2.03 bits per heavy atom. The molecule has 1 aliphatic heterocycles. The van der Waals surface area contributed by atoms with E-state index in [0.717, 1.165) is 44.7 Å². The third-order valence-electron chi connectivity index (χ3n) is 8.16. The first-order chi connectivity index (χ1) is 19.3. The van der Waals surface area contributed by atoms with Gasteiger partial charge in [-0.2, -0.15) is 0 Å². The summed E-state index contributed by atoms with van der Waals surface area (Å²) in [7, 11) is 0. The standard InChI is InChI=1S/C36H24N2O/c39-36-30-18-10-17-28-27(24-13-6-2-7-14-24)19-20-29(33(28)30)35-37-34-31(25-15-8-3-9-16-25)21-26(22-32(34)38(35)36)23-11-4-1-5-12-23/h1-22,30,33H. The molecule has 2 aliphatic carbocycles. The molecule has 1 aromatic heterocycles. The first-order valence-corrected chi connectivity index (χ1v) is 13.4. The lowest BCUT2D eigenvalue weighted by Gasteiger charge is -2.37. The van der Waals surface area contributed by atoms with Crippen LogP contribution in [0.25, 0.3) is 44.4 Å². The van der Waals surface area contributed by atoms with Crippen LogP contribution in [0.15, 0.2) is 139 Å². The maximum absolute atomic E-state index is 14.3. The molecule has 2 atom stereocenters. The van der Waals surface area contributed by atoms with E-state index in [4.69, 9.17) is 4.98 Å². The molecule has 0 spiro atoms. The molecule has 0 fully saturated rings. The zero-order valence-corrected chi connectivity index (χ0v) is 21.2. The third kappa shape index (κ3) is 3.30. The molecule has 8 rings (SSSR count). The van der Waals surface area contributed by atoms with Gasteiger partial charge in [-0.15, -0.1) is 0 Å². The van der Waals surface area contributed by atoms with Crippen LogP contribution in [0.3, 0.4) is 0 Å². The van der Waals surface area contributed by atoms with Crippen LogP contribution in [0.2, 0.25) is 0 Å². The van der Waals surface area contributed by atoms with Crippen LogP contribution in [0.4, 0.5) is 0 Å². The maximum atomic E-state index is 14.3. The van der Waals surface area contributed by atoms with Crippen molar-refractivity contribution in [2.75, 3.05) is 0 Å². The fraction of sp³-hybridized carbons (Fsp3) is 0.0556. The molecule has 5 aromatic rings. The summed E-state index contributed by atoms with van der Waals surface area (Å²) in [6.45, 7) is 0. The number of hydrogen-bond donors (Lipinski definition) is 0. The summed E-state index contributed by atoms with van der Waals surface area (Å²) in [5.41, 5.74) is 10.7. The number of allylic oxidation sites excluding steroid dienone is 8. The van der Waals surface area contributed by atoms with E-state index in [1.54, 1.807) is 0 Å². The van der Waals surface area contributed by atoms with E-state index in [-0.39, 0.29) is 17.7 Å². The topological polar surface area (TPSA) is 34.9 Å². The number of carbonyl (C=O) groups excluding carboxylic acids is 1. The molecule has 0 amide bonds. The fourth-order valence-corrected chi connectivity index (χ4v) is 6.38. The third-order valence-corrected chi connectivity index (χ3v) is 8.16. The van der Waals surface area contributed by atoms with Crippen LogP contribution in [-0.4, -0.2) is 15.5 Å². The summed E-state index contributed by atoms with van der Waals surface area (Å²) < 4.78 is 1.87. The second kappa shape index (κ2) is 8.50. The highest BCUT2D eigenvalue weighted by atomic mass is 16.2. The molecule has 0 bridgehead atoms. The van der Waals surface area contributed by atoms with Gasteiger partial charge in [0.25, 0.3) is 0 Å². The smallest absolute Gasteiger partial charge is 0.240 e. The number of benzene rings is 4. The Bertz CT molecular complexity index is 1910. The summed E-state index contributed by atoms with van der Waals surface area (Å²) in [5.74, 6) is 0.521. The quantitative estimate of drug-likeness (QED) is 0.250. The molecule has 2 unspecified atom stereocenters. The van der Waals surface area contributed by atoms with E-state index < -0.39 is 0 Å². The average Bonchev–Trinajstić information content (AvgIpc) is 3.40. The number of aromatic nitrogens is 2. The van der Waals surface area contributed by atoms with Crippen LogP contribution in [-0.2, 0) is 0 Å². The lowest BCUT2D eigenvalue weighted by Crippen LogP contribution is -2.37.